The summed E-state index contributed by atoms with van der Waals surface area (Å²) in [6.07, 6.45) is 0.986. The lowest BCUT2D eigenvalue weighted by Gasteiger charge is -2.36. The van der Waals surface area contributed by atoms with Gasteiger partial charge in [0.1, 0.15) is 0 Å². The van der Waals surface area contributed by atoms with Crippen molar-refractivity contribution in [3.05, 3.63) is 34.3 Å². The maximum absolute atomic E-state index is 9.64. The molecule has 0 spiro atoms. The highest BCUT2D eigenvalue weighted by Crippen LogP contribution is 2.34. The van der Waals surface area contributed by atoms with E-state index in [1.807, 2.05) is 12.1 Å². The molecule has 1 aliphatic heterocycles. The normalized spacial score (nSPS) is 20.2. The van der Waals surface area contributed by atoms with E-state index in [9.17, 15) is 5.11 Å². The van der Waals surface area contributed by atoms with Crippen molar-refractivity contribution in [1.82, 2.24) is 0 Å². The van der Waals surface area contributed by atoms with Crippen molar-refractivity contribution in [3.63, 3.8) is 0 Å². The van der Waals surface area contributed by atoms with E-state index < -0.39 is 0 Å². The van der Waals surface area contributed by atoms with Gasteiger partial charge in [0.05, 0.1) is 19.8 Å². The van der Waals surface area contributed by atoms with Gasteiger partial charge in [-0.15, -0.1) is 0 Å². The van der Waals surface area contributed by atoms with Crippen molar-refractivity contribution in [3.8, 4) is 0 Å². The van der Waals surface area contributed by atoms with Crippen molar-refractivity contribution in [1.29, 1.82) is 0 Å². The summed E-state index contributed by atoms with van der Waals surface area (Å²) < 4.78 is 6.26. The monoisotopic (exact) mass is 284 g/mol. The maximum Gasteiger partial charge on any atom is 0.0525 e. The first kappa shape index (κ1) is 12.1. The second-order valence-corrected chi connectivity index (χ2v) is 5.75. The minimum Gasteiger partial charge on any atom is -0.395 e. The first-order chi connectivity index (χ1) is 7.64. The second kappa shape index (κ2) is 4.86. The third-order valence-corrected chi connectivity index (χ3v) is 3.81. The van der Waals surface area contributed by atoms with Crippen molar-refractivity contribution in [2.24, 2.45) is 5.92 Å². The number of aliphatic hydroxyl groups excluding tert-OH is 1. The molecule has 2 nitrogen and oxygen atoms in total. The quantitative estimate of drug-likeness (QED) is 0.921. The van der Waals surface area contributed by atoms with Crippen LogP contribution in [0.15, 0.2) is 28.7 Å². The number of benzene rings is 1. The molecule has 1 saturated heterocycles. The zero-order valence-electron chi connectivity index (χ0n) is 9.45. The number of aliphatic hydroxyl groups is 1. The zero-order chi connectivity index (χ0) is 11.6. The minimum absolute atomic E-state index is 0.155. The Hall–Kier alpha value is -0.380. The van der Waals surface area contributed by atoms with Crippen LogP contribution in [0.2, 0.25) is 0 Å². The fourth-order valence-electron chi connectivity index (χ4n) is 2.18. The fourth-order valence-corrected chi connectivity index (χ4v) is 2.58. The summed E-state index contributed by atoms with van der Waals surface area (Å²) in [6.45, 7) is 3.97. The predicted octanol–water partition coefficient (Wildman–Crippen LogP) is 2.74. The van der Waals surface area contributed by atoms with Gasteiger partial charge in [-0.05, 0) is 24.1 Å². The molecule has 1 N–H and O–H groups in total. The van der Waals surface area contributed by atoms with Crippen LogP contribution in [0.3, 0.4) is 0 Å². The lowest BCUT2D eigenvalue weighted by atomic mass is 9.75. The Balaban J connectivity index is 2.18. The molecule has 1 unspecified atom stereocenters. The Bertz CT molecular complexity index is 363. The van der Waals surface area contributed by atoms with E-state index in [1.54, 1.807) is 0 Å². The number of rotatable bonds is 4. The van der Waals surface area contributed by atoms with E-state index in [2.05, 4.69) is 35.0 Å². The molecule has 1 atom stereocenters. The van der Waals surface area contributed by atoms with Gasteiger partial charge in [-0.25, -0.2) is 0 Å². The third kappa shape index (κ3) is 2.47. The number of halogens is 1. The summed E-state index contributed by atoms with van der Waals surface area (Å²) >= 11 is 3.47. The second-order valence-electron chi connectivity index (χ2n) is 4.84. The highest BCUT2D eigenvalue weighted by atomic mass is 79.9. The first-order valence-corrected chi connectivity index (χ1v) is 6.38. The third-order valence-electron chi connectivity index (χ3n) is 3.32. The summed E-state index contributed by atoms with van der Waals surface area (Å²) in [5.74, 6) is 0.594. The Morgan fingerprint density at radius 1 is 1.50 bits per heavy atom. The standard InChI is InChI=1S/C13H17BrO2/c1-13(9-15,6-10-7-16-8-10)11-3-2-4-12(14)5-11/h2-5,10,15H,6-9H2,1H3. The van der Waals surface area contributed by atoms with Gasteiger partial charge in [0, 0.05) is 15.8 Å². The van der Waals surface area contributed by atoms with Gasteiger partial charge in [0.2, 0.25) is 0 Å². The molecule has 0 radical (unpaired) electrons. The van der Waals surface area contributed by atoms with E-state index in [4.69, 9.17) is 4.74 Å². The molecule has 16 heavy (non-hydrogen) atoms. The zero-order valence-corrected chi connectivity index (χ0v) is 11.0. The van der Waals surface area contributed by atoms with E-state index >= 15 is 0 Å². The number of ether oxygens (including phenoxy) is 1. The molecule has 3 heteroatoms. The van der Waals surface area contributed by atoms with Crippen LogP contribution in [0.25, 0.3) is 0 Å². The molecule has 1 aromatic carbocycles. The van der Waals surface area contributed by atoms with Gasteiger partial charge < -0.3 is 9.84 Å². The van der Waals surface area contributed by atoms with Gasteiger partial charge in [0.15, 0.2) is 0 Å². The van der Waals surface area contributed by atoms with Gasteiger partial charge in [-0.1, -0.05) is 35.0 Å². The van der Waals surface area contributed by atoms with Crippen LogP contribution < -0.4 is 0 Å². The molecule has 0 aromatic heterocycles. The summed E-state index contributed by atoms with van der Waals surface area (Å²) in [5.41, 5.74) is 1.04. The number of hydrogen-bond acceptors (Lipinski definition) is 2. The lowest BCUT2D eigenvalue weighted by molar-refractivity contribution is -0.0485. The van der Waals surface area contributed by atoms with Crippen LogP contribution in [-0.4, -0.2) is 24.9 Å². The smallest absolute Gasteiger partial charge is 0.0525 e. The molecule has 1 heterocycles. The van der Waals surface area contributed by atoms with E-state index in [0.29, 0.717) is 5.92 Å². The molecule has 2 rings (SSSR count). The first-order valence-electron chi connectivity index (χ1n) is 5.59. The van der Waals surface area contributed by atoms with Crippen LogP contribution in [0.4, 0.5) is 0 Å². The largest absolute Gasteiger partial charge is 0.395 e. The number of hydrogen-bond donors (Lipinski definition) is 1. The minimum atomic E-state index is -0.155. The van der Waals surface area contributed by atoms with Gasteiger partial charge in [-0.3, -0.25) is 0 Å². The molecular formula is C13H17BrO2. The average Bonchev–Trinajstić information content (AvgIpc) is 2.23. The van der Waals surface area contributed by atoms with Crippen molar-refractivity contribution in [2.75, 3.05) is 19.8 Å². The van der Waals surface area contributed by atoms with E-state index in [-0.39, 0.29) is 12.0 Å². The van der Waals surface area contributed by atoms with Crippen LogP contribution in [0.5, 0.6) is 0 Å². The van der Waals surface area contributed by atoms with Crippen LogP contribution in [0, 0.1) is 5.92 Å². The van der Waals surface area contributed by atoms with Crippen LogP contribution in [0.1, 0.15) is 18.9 Å². The van der Waals surface area contributed by atoms with Gasteiger partial charge in [0.25, 0.3) is 0 Å². The maximum atomic E-state index is 9.64. The van der Waals surface area contributed by atoms with Gasteiger partial charge in [-0.2, -0.15) is 0 Å². The molecule has 1 aliphatic rings. The van der Waals surface area contributed by atoms with Gasteiger partial charge >= 0.3 is 0 Å². The predicted molar refractivity (Wildman–Crippen MR) is 67.5 cm³/mol. The van der Waals surface area contributed by atoms with Crippen LogP contribution in [-0.2, 0) is 10.2 Å². The average molecular weight is 285 g/mol. The Morgan fingerprint density at radius 2 is 2.25 bits per heavy atom. The highest BCUT2D eigenvalue weighted by molar-refractivity contribution is 9.10. The van der Waals surface area contributed by atoms with Crippen LogP contribution >= 0.6 is 15.9 Å². The topological polar surface area (TPSA) is 29.5 Å². The Labute approximate surface area is 105 Å². The molecule has 0 saturated carbocycles. The van der Waals surface area contributed by atoms with E-state index in [1.165, 1.54) is 5.56 Å². The summed E-state index contributed by atoms with van der Waals surface area (Å²) in [7, 11) is 0. The fraction of sp³-hybridized carbons (Fsp3) is 0.538. The Kier molecular flexibility index (Phi) is 3.67. The molecular weight excluding hydrogens is 268 g/mol. The molecule has 0 amide bonds. The molecule has 0 bridgehead atoms. The molecule has 1 fully saturated rings. The molecule has 0 aliphatic carbocycles. The summed E-state index contributed by atoms with van der Waals surface area (Å²) in [4.78, 5) is 0. The van der Waals surface area contributed by atoms with Crippen molar-refractivity contribution < 1.29 is 9.84 Å². The molecule has 1 aromatic rings. The van der Waals surface area contributed by atoms with E-state index in [0.717, 1.165) is 24.1 Å². The molecule has 88 valence electrons. The SMILES string of the molecule is CC(CO)(CC1COC1)c1cccc(Br)c1. The van der Waals surface area contributed by atoms with Crippen molar-refractivity contribution >= 4 is 15.9 Å². The highest BCUT2D eigenvalue weighted by Gasteiger charge is 2.32. The Morgan fingerprint density at radius 3 is 2.75 bits per heavy atom. The summed E-state index contributed by atoms with van der Waals surface area (Å²) in [6, 6.07) is 8.20. The van der Waals surface area contributed by atoms with Crippen molar-refractivity contribution in [2.45, 2.75) is 18.8 Å². The summed E-state index contributed by atoms with van der Waals surface area (Å²) in [5, 5.41) is 9.64. The lowest BCUT2D eigenvalue weighted by Crippen LogP contribution is -2.37.